The summed E-state index contributed by atoms with van der Waals surface area (Å²) in [7, 11) is -7.42. The Morgan fingerprint density at radius 2 is 1.48 bits per heavy atom. The molecule has 0 saturated carbocycles. The molecule has 0 saturated heterocycles. The second kappa shape index (κ2) is 5.38. The lowest BCUT2D eigenvalue weighted by Gasteiger charge is -2.11. The fraction of sp³-hybridized carbons (Fsp3) is 0.0769. The zero-order valence-electron chi connectivity index (χ0n) is 11.1. The minimum absolute atomic E-state index is 0.00000378. The van der Waals surface area contributed by atoms with Crippen molar-refractivity contribution in [2.75, 3.05) is 16.7 Å². The molecule has 0 atom stereocenters. The van der Waals surface area contributed by atoms with E-state index in [4.69, 9.17) is 5.73 Å². The van der Waals surface area contributed by atoms with Crippen molar-refractivity contribution in [3.05, 3.63) is 48.5 Å². The SMILES string of the molecule is CS(=O)(=O)c1ccccc1NS(=O)(=O)c1ccc(N)cc1. The van der Waals surface area contributed by atoms with E-state index >= 15 is 0 Å². The maximum atomic E-state index is 12.2. The molecule has 2 rings (SSSR count). The van der Waals surface area contributed by atoms with Crippen LogP contribution in [0.1, 0.15) is 0 Å². The summed E-state index contributed by atoms with van der Waals surface area (Å²) in [5, 5.41) is 0. The molecule has 0 heterocycles. The van der Waals surface area contributed by atoms with Gasteiger partial charge in [-0.25, -0.2) is 16.8 Å². The number of nitrogens with two attached hydrogens (primary N) is 1. The van der Waals surface area contributed by atoms with E-state index in [1.165, 1.54) is 42.5 Å². The predicted octanol–water partition coefficient (Wildman–Crippen LogP) is 1.47. The number of nitrogens with one attached hydrogen (secondary N) is 1. The number of sulfone groups is 1. The molecule has 0 aliphatic carbocycles. The van der Waals surface area contributed by atoms with Crippen LogP contribution >= 0.6 is 0 Å². The minimum atomic E-state index is -3.88. The van der Waals surface area contributed by atoms with Crippen molar-refractivity contribution < 1.29 is 16.8 Å². The number of hydrogen-bond donors (Lipinski definition) is 2. The smallest absolute Gasteiger partial charge is 0.261 e. The number of rotatable bonds is 4. The topological polar surface area (TPSA) is 106 Å². The number of para-hydroxylation sites is 1. The van der Waals surface area contributed by atoms with Crippen LogP contribution in [0.15, 0.2) is 58.3 Å². The minimum Gasteiger partial charge on any atom is -0.399 e. The van der Waals surface area contributed by atoms with Crippen LogP contribution in [0.25, 0.3) is 0 Å². The Kier molecular flexibility index (Phi) is 3.93. The van der Waals surface area contributed by atoms with Crippen molar-refractivity contribution in [3.8, 4) is 0 Å². The first-order valence-electron chi connectivity index (χ1n) is 5.87. The van der Waals surface area contributed by atoms with Gasteiger partial charge in [0.25, 0.3) is 10.0 Å². The lowest BCUT2D eigenvalue weighted by molar-refractivity contribution is 0.601. The fourth-order valence-electron chi connectivity index (χ4n) is 1.72. The Hall–Kier alpha value is -2.06. The van der Waals surface area contributed by atoms with Gasteiger partial charge in [0.1, 0.15) is 0 Å². The molecule has 0 amide bonds. The summed E-state index contributed by atoms with van der Waals surface area (Å²) in [6, 6.07) is 11.4. The van der Waals surface area contributed by atoms with Crippen LogP contribution in [-0.4, -0.2) is 23.1 Å². The summed E-state index contributed by atoms with van der Waals surface area (Å²) >= 11 is 0. The number of benzene rings is 2. The van der Waals surface area contributed by atoms with Crippen molar-refractivity contribution in [1.29, 1.82) is 0 Å². The van der Waals surface area contributed by atoms with Crippen LogP contribution in [0, 0.1) is 0 Å². The first-order valence-corrected chi connectivity index (χ1v) is 9.25. The highest BCUT2D eigenvalue weighted by atomic mass is 32.2. The lowest BCUT2D eigenvalue weighted by atomic mass is 10.3. The molecule has 2 aromatic rings. The van der Waals surface area contributed by atoms with Gasteiger partial charge in [-0.2, -0.15) is 0 Å². The molecule has 3 N–H and O–H groups in total. The van der Waals surface area contributed by atoms with Crippen molar-refractivity contribution in [2.24, 2.45) is 0 Å². The zero-order valence-corrected chi connectivity index (χ0v) is 12.8. The van der Waals surface area contributed by atoms with Crippen molar-refractivity contribution >= 4 is 31.2 Å². The summed E-state index contributed by atoms with van der Waals surface area (Å²) in [5.74, 6) is 0. The number of sulfonamides is 1. The van der Waals surface area contributed by atoms with E-state index in [9.17, 15) is 16.8 Å². The zero-order chi connectivity index (χ0) is 15.7. The lowest BCUT2D eigenvalue weighted by Crippen LogP contribution is -2.15. The molecule has 0 aromatic heterocycles. The second-order valence-corrected chi connectivity index (χ2v) is 8.11. The molecule has 0 spiro atoms. The molecule has 0 aliphatic rings. The fourth-order valence-corrected chi connectivity index (χ4v) is 3.71. The molecular weight excluding hydrogens is 312 g/mol. The monoisotopic (exact) mass is 326 g/mol. The van der Waals surface area contributed by atoms with E-state index in [-0.39, 0.29) is 15.5 Å². The van der Waals surface area contributed by atoms with Gasteiger partial charge in [-0.1, -0.05) is 12.1 Å². The van der Waals surface area contributed by atoms with Crippen LogP contribution in [0.3, 0.4) is 0 Å². The standard InChI is InChI=1S/C13H14N2O4S2/c1-20(16,17)13-5-3-2-4-12(13)15-21(18,19)11-8-6-10(14)7-9-11/h2-9,15H,14H2,1H3. The number of anilines is 2. The first-order chi connectivity index (χ1) is 9.70. The van der Waals surface area contributed by atoms with Crippen LogP contribution in [-0.2, 0) is 19.9 Å². The molecule has 8 heteroatoms. The van der Waals surface area contributed by atoms with E-state index in [2.05, 4.69) is 4.72 Å². The Bertz CT molecular complexity index is 857. The second-order valence-electron chi connectivity index (χ2n) is 4.44. The summed E-state index contributed by atoms with van der Waals surface area (Å²) in [5.41, 5.74) is 5.96. The maximum Gasteiger partial charge on any atom is 0.261 e. The normalized spacial score (nSPS) is 12.0. The van der Waals surface area contributed by atoms with Gasteiger partial charge in [-0.05, 0) is 36.4 Å². The Labute approximate surface area is 123 Å². The predicted molar refractivity (Wildman–Crippen MR) is 81.2 cm³/mol. The van der Waals surface area contributed by atoms with Gasteiger partial charge in [-0.3, -0.25) is 4.72 Å². The van der Waals surface area contributed by atoms with Gasteiger partial charge in [0.2, 0.25) is 0 Å². The van der Waals surface area contributed by atoms with Gasteiger partial charge in [0, 0.05) is 11.9 Å². The maximum absolute atomic E-state index is 12.2. The summed E-state index contributed by atoms with van der Waals surface area (Å²) in [6.45, 7) is 0. The van der Waals surface area contributed by atoms with E-state index < -0.39 is 19.9 Å². The van der Waals surface area contributed by atoms with E-state index in [1.807, 2.05) is 0 Å². The number of nitrogen functional groups attached to an aromatic ring is 1. The third-order valence-corrected chi connectivity index (χ3v) is 5.26. The van der Waals surface area contributed by atoms with Crippen molar-refractivity contribution in [1.82, 2.24) is 0 Å². The molecule has 0 bridgehead atoms. The summed E-state index contributed by atoms with van der Waals surface area (Å²) in [4.78, 5) is -0.0796. The van der Waals surface area contributed by atoms with E-state index in [1.54, 1.807) is 6.07 Å². The van der Waals surface area contributed by atoms with E-state index in [0.717, 1.165) is 6.26 Å². The van der Waals surface area contributed by atoms with Gasteiger partial charge in [0.05, 0.1) is 15.5 Å². The van der Waals surface area contributed by atoms with Crippen molar-refractivity contribution in [2.45, 2.75) is 9.79 Å². The Morgan fingerprint density at radius 1 is 0.905 bits per heavy atom. The van der Waals surface area contributed by atoms with Gasteiger partial charge >= 0.3 is 0 Å². The van der Waals surface area contributed by atoms with Crippen LogP contribution in [0.2, 0.25) is 0 Å². The molecule has 0 radical (unpaired) electrons. The molecule has 2 aromatic carbocycles. The van der Waals surface area contributed by atoms with Gasteiger partial charge in [0.15, 0.2) is 9.84 Å². The van der Waals surface area contributed by atoms with Crippen molar-refractivity contribution in [3.63, 3.8) is 0 Å². The molecule has 0 fully saturated rings. The molecule has 0 aliphatic heterocycles. The average Bonchev–Trinajstić information content (AvgIpc) is 2.38. The summed E-state index contributed by atoms with van der Waals surface area (Å²) in [6.07, 6.45) is 1.02. The Balaban J connectivity index is 2.45. The molecular formula is C13H14N2O4S2. The highest BCUT2D eigenvalue weighted by molar-refractivity contribution is 7.93. The first kappa shape index (κ1) is 15.3. The number of hydrogen-bond acceptors (Lipinski definition) is 5. The third kappa shape index (κ3) is 3.53. The van der Waals surface area contributed by atoms with Gasteiger partial charge < -0.3 is 5.73 Å². The van der Waals surface area contributed by atoms with Gasteiger partial charge in [-0.15, -0.1) is 0 Å². The van der Waals surface area contributed by atoms with Crippen LogP contribution in [0.4, 0.5) is 11.4 Å². The van der Waals surface area contributed by atoms with Crippen LogP contribution in [0.5, 0.6) is 0 Å². The molecule has 21 heavy (non-hydrogen) atoms. The highest BCUT2D eigenvalue weighted by Gasteiger charge is 2.19. The Morgan fingerprint density at radius 3 is 2.05 bits per heavy atom. The third-order valence-electron chi connectivity index (χ3n) is 2.72. The average molecular weight is 326 g/mol. The van der Waals surface area contributed by atoms with Crippen LogP contribution < -0.4 is 10.5 Å². The molecule has 0 unspecified atom stereocenters. The largest absolute Gasteiger partial charge is 0.399 e. The molecule has 112 valence electrons. The van der Waals surface area contributed by atoms with E-state index in [0.29, 0.717) is 5.69 Å². The quantitative estimate of drug-likeness (QED) is 0.828. The summed E-state index contributed by atoms with van der Waals surface area (Å²) < 4.78 is 50.1. The highest BCUT2D eigenvalue weighted by Crippen LogP contribution is 2.24. The molecule has 6 nitrogen and oxygen atoms in total.